The number of nitrogens with one attached hydrogen (secondary N) is 2. The second kappa shape index (κ2) is 13.5. The van der Waals surface area contributed by atoms with E-state index in [1.807, 2.05) is 6.92 Å². The van der Waals surface area contributed by atoms with Crippen LogP contribution in [0.15, 0.2) is 0 Å². The second-order valence-electron chi connectivity index (χ2n) is 8.47. The normalized spacial score (nSPS) is 36.4. The molecule has 2 saturated heterocycles. The fraction of sp³-hybridized carbons (Fsp3) is 0.952. The topological polar surface area (TPSA) is 120 Å². The van der Waals surface area contributed by atoms with Gasteiger partial charge in [-0.2, -0.15) is 0 Å². The Morgan fingerprint density at radius 3 is 2.65 bits per heavy atom. The van der Waals surface area contributed by atoms with E-state index in [4.69, 9.17) is 21.1 Å². The van der Waals surface area contributed by atoms with Gasteiger partial charge in [-0.25, -0.2) is 0 Å². The van der Waals surface area contributed by atoms with Gasteiger partial charge in [0.05, 0.1) is 17.5 Å². The molecular formula is C21H39ClN2O6S. The van der Waals surface area contributed by atoms with E-state index < -0.39 is 41.3 Å². The minimum atomic E-state index is -1.38. The zero-order valence-electron chi connectivity index (χ0n) is 18.7. The number of carbonyl (C=O) groups is 1. The molecule has 2 fully saturated rings. The zero-order chi connectivity index (χ0) is 23.0. The minimum Gasteiger partial charge on any atom is -0.388 e. The summed E-state index contributed by atoms with van der Waals surface area (Å²) in [6, 6.07) is -1.06. The molecule has 0 aromatic carbocycles. The van der Waals surface area contributed by atoms with E-state index >= 15 is 0 Å². The first kappa shape index (κ1) is 27.1. The van der Waals surface area contributed by atoms with Crippen molar-refractivity contribution in [2.24, 2.45) is 5.92 Å². The predicted octanol–water partition coefficient (Wildman–Crippen LogP) is 0.844. The van der Waals surface area contributed by atoms with Crippen molar-refractivity contribution in [1.82, 2.24) is 10.6 Å². The Bertz CT molecular complexity index is 544. The molecule has 0 aliphatic carbocycles. The minimum absolute atomic E-state index is 0.190. The van der Waals surface area contributed by atoms with Crippen LogP contribution < -0.4 is 10.6 Å². The third kappa shape index (κ3) is 7.71. The fourth-order valence-electron chi connectivity index (χ4n) is 4.33. The lowest BCUT2D eigenvalue weighted by Gasteiger charge is -2.44. The van der Waals surface area contributed by atoms with Gasteiger partial charge in [-0.15, -0.1) is 23.4 Å². The molecule has 9 atom stereocenters. The summed E-state index contributed by atoms with van der Waals surface area (Å²) in [7, 11) is 0. The molecule has 0 aromatic heterocycles. The molecule has 1 amide bonds. The van der Waals surface area contributed by atoms with E-state index in [2.05, 4.69) is 10.6 Å². The highest BCUT2D eigenvalue weighted by Crippen LogP contribution is 2.30. The van der Waals surface area contributed by atoms with Gasteiger partial charge in [-0.3, -0.25) is 4.79 Å². The third-order valence-corrected chi connectivity index (χ3v) is 7.35. The number of aliphatic hydroxyl groups excluding tert-OH is 3. The summed E-state index contributed by atoms with van der Waals surface area (Å²) in [6.45, 7) is 5.99. The van der Waals surface area contributed by atoms with Crippen molar-refractivity contribution in [2.45, 2.75) is 93.3 Å². The van der Waals surface area contributed by atoms with Gasteiger partial charge in [0.1, 0.15) is 29.9 Å². The summed E-state index contributed by atoms with van der Waals surface area (Å²) < 4.78 is 11.2. The van der Waals surface area contributed by atoms with E-state index in [1.165, 1.54) is 11.8 Å². The Morgan fingerprint density at radius 2 is 2.00 bits per heavy atom. The molecule has 0 spiro atoms. The van der Waals surface area contributed by atoms with Crippen LogP contribution in [0.5, 0.6) is 0 Å². The van der Waals surface area contributed by atoms with Gasteiger partial charge in [0.25, 0.3) is 0 Å². The first-order valence-corrected chi connectivity index (χ1v) is 13.0. The van der Waals surface area contributed by atoms with E-state index in [9.17, 15) is 20.1 Å². The number of hydrogen-bond donors (Lipinski definition) is 5. The molecule has 10 heteroatoms. The number of halogens is 1. The van der Waals surface area contributed by atoms with Crippen molar-refractivity contribution in [1.29, 1.82) is 0 Å². The molecule has 0 saturated carbocycles. The largest absolute Gasteiger partial charge is 0.388 e. The van der Waals surface area contributed by atoms with Crippen molar-refractivity contribution in [3.8, 4) is 0 Å². The SMILES string of the molecule is CCOCCC[C@@H]1CCN[C@H](C(=O)N[C@@H]([C@H]2O[C@H](SC)[C@H](O)[C@@H](O)[C@H]2O)[C@H](C)Cl)CC1. The molecule has 2 aliphatic heterocycles. The van der Waals surface area contributed by atoms with Crippen LogP contribution in [0, 0.1) is 5.92 Å². The number of rotatable bonds is 10. The predicted molar refractivity (Wildman–Crippen MR) is 122 cm³/mol. The average Bonchev–Trinajstić information content (AvgIpc) is 2.99. The molecular weight excluding hydrogens is 444 g/mol. The molecule has 2 rings (SSSR count). The van der Waals surface area contributed by atoms with Crippen molar-refractivity contribution in [2.75, 3.05) is 26.0 Å². The van der Waals surface area contributed by atoms with Crippen LogP contribution >= 0.6 is 23.4 Å². The number of amides is 1. The van der Waals surface area contributed by atoms with Gasteiger partial charge in [-0.05, 0) is 64.7 Å². The lowest BCUT2D eigenvalue weighted by atomic mass is 9.92. The lowest BCUT2D eigenvalue weighted by molar-refractivity contribution is -0.205. The van der Waals surface area contributed by atoms with Gasteiger partial charge in [-0.1, -0.05) is 0 Å². The maximum absolute atomic E-state index is 13.0. The summed E-state index contributed by atoms with van der Waals surface area (Å²) in [5.41, 5.74) is -0.716. The summed E-state index contributed by atoms with van der Waals surface area (Å²) in [5.74, 6) is 0.376. The van der Waals surface area contributed by atoms with Gasteiger partial charge in [0.15, 0.2) is 0 Å². The van der Waals surface area contributed by atoms with E-state index in [0.29, 0.717) is 5.92 Å². The molecule has 2 aliphatic rings. The van der Waals surface area contributed by atoms with Crippen molar-refractivity contribution < 1.29 is 29.6 Å². The summed E-state index contributed by atoms with van der Waals surface area (Å²) in [4.78, 5) is 13.0. The number of ether oxygens (including phenoxy) is 2. The van der Waals surface area contributed by atoms with Crippen molar-refractivity contribution in [3.05, 3.63) is 0 Å². The van der Waals surface area contributed by atoms with Crippen LogP contribution in [0.4, 0.5) is 0 Å². The van der Waals surface area contributed by atoms with Crippen molar-refractivity contribution in [3.63, 3.8) is 0 Å². The number of thioether (sulfide) groups is 1. The van der Waals surface area contributed by atoms with Gasteiger partial charge in [0.2, 0.25) is 5.91 Å². The van der Waals surface area contributed by atoms with Gasteiger partial charge >= 0.3 is 0 Å². The lowest BCUT2D eigenvalue weighted by Crippen LogP contribution is -2.65. The van der Waals surface area contributed by atoms with Crippen LogP contribution in [0.1, 0.15) is 46.0 Å². The Balaban J connectivity index is 1.94. The molecule has 0 bridgehead atoms. The monoisotopic (exact) mass is 482 g/mol. The maximum Gasteiger partial charge on any atom is 0.237 e. The average molecular weight is 483 g/mol. The Labute approximate surface area is 194 Å². The van der Waals surface area contributed by atoms with Gasteiger partial charge in [0, 0.05) is 13.2 Å². The quantitative estimate of drug-likeness (QED) is 0.229. The van der Waals surface area contributed by atoms with Crippen LogP contribution in [-0.4, -0.2) is 94.6 Å². The summed E-state index contributed by atoms with van der Waals surface area (Å²) in [6.07, 6.45) is 1.69. The van der Waals surface area contributed by atoms with E-state index in [-0.39, 0.29) is 11.9 Å². The molecule has 31 heavy (non-hydrogen) atoms. The van der Waals surface area contributed by atoms with Crippen molar-refractivity contribution >= 4 is 29.3 Å². The highest BCUT2D eigenvalue weighted by molar-refractivity contribution is 7.99. The first-order chi connectivity index (χ1) is 14.8. The summed E-state index contributed by atoms with van der Waals surface area (Å²) in [5, 5.41) is 36.5. The number of carbonyl (C=O) groups excluding carboxylic acids is 1. The highest BCUT2D eigenvalue weighted by Gasteiger charge is 2.48. The van der Waals surface area contributed by atoms with E-state index in [1.54, 1.807) is 13.2 Å². The third-order valence-electron chi connectivity index (χ3n) is 6.23. The number of hydrogen-bond acceptors (Lipinski definition) is 8. The molecule has 0 aromatic rings. The van der Waals surface area contributed by atoms with Crippen LogP contribution in [-0.2, 0) is 14.3 Å². The Morgan fingerprint density at radius 1 is 1.26 bits per heavy atom. The standard InChI is InChI=1S/C21H39ClN2O6S/c1-4-29-11-5-6-13-7-8-14(23-10-9-13)20(28)24-15(12(2)22)19-17(26)16(25)18(27)21(30-19)31-3/h12-19,21,23,25-27H,4-11H2,1-3H3,(H,24,28)/t12-,13-,14-,15+,16-,17+,18+,19+,21+/m0/s1. The molecule has 0 unspecified atom stereocenters. The number of alkyl halides is 1. The smallest absolute Gasteiger partial charge is 0.237 e. The molecule has 2 heterocycles. The maximum atomic E-state index is 13.0. The zero-order valence-corrected chi connectivity index (χ0v) is 20.3. The first-order valence-electron chi connectivity index (χ1n) is 11.3. The highest BCUT2D eigenvalue weighted by atomic mass is 35.5. The summed E-state index contributed by atoms with van der Waals surface area (Å²) >= 11 is 7.58. The molecule has 182 valence electrons. The second-order valence-corrected chi connectivity index (χ2v) is 10.1. The Hall–Kier alpha value is -0.130. The van der Waals surface area contributed by atoms with Crippen LogP contribution in [0.25, 0.3) is 0 Å². The van der Waals surface area contributed by atoms with E-state index in [0.717, 1.165) is 51.9 Å². The molecule has 8 nitrogen and oxygen atoms in total. The Kier molecular flexibility index (Phi) is 11.8. The fourth-order valence-corrected chi connectivity index (χ4v) is 5.22. The molecule has 5 N–H and O–H groups in total. The van der Waals surface area contributed by atoms with Gasteiger partial charge < -0.3 is 35.4 Å². The van der Waals surface area contributed by atoms with Crippen LogP contribution in [0.3, 0.4) is 0 Å². The van der Waals surface area contributed by atoms with Crippen LogP contribution in [0.2, 0.25) is 0 Å². The molecule has 0 radical (unpaired) electrons. The number of aliphatic hydroxyl groups is 3.